The van der Waals surface area contributed by atoms with Crippen LogP contribution in [0.4, 0.5) is 18.9 Å². The zero-order valence-corrected chi connectivity index (χ0v) is 12.0. The van der Waals surface area contributed by atoms with E-state index in [2.05, 4.69) is 21.2 Å². The molecule has 110 valence electrons. The van der Waals surface area contributed by atoms with Gasteiger partial charge in [0, 0.05) is 10.2 Å². The summed E-state index contributed by atoms with van der Waals surface area (Å²) in [5, 5.41) is 12.0. The van der Waals surface area contributed by atoms with E-state index in [0.717, 1.165) is 6.07 Å². The summed E-state index contributed by atoms with van der Waals surface area (Å²) in [4.78, 5) is 11.4. The van der Waals surface area contributed by atoms with Crippen molar-refractivity contribution in [3.05, 3.63) is 28.2 Å². The number of alkyl halides is 3. The van der Waals surface area contributed by atoms with Gasteiger partial charge in [0.1, 0.15) is 5.54 Å². The van der Waals surface area contributed by atoms with Crippen molar-refractivity contribution in [2.45, 2.75) is 37.4 Å². The second-order valence-corrected chi connectivity index (χ2v) is 5.82. The quantitative estimate of drug-likeness (QED) is 0.854. The first kappa shape index (κ1) is 15.2. The molecule has 0 atom stereocenters. The van der Waals surface area contributed by atoms with Gasteiger partial charge in [-0.15, -0.1) is 0 Å². The third-order valence-electron chi connectivity index (χ3n) is 3.53. The van der Waals surface area contributed by atoms with E-state index < -0.39 is 23.2 Å². The van der Waals surface area contributed by atoms with E-state index in [0.29, 0.717) is 30.2 Å². The van der Waals surface area contributed by atoms with Crippen LogP contribution in [0.3, 0.4) is 0 Å². The van der Waals surface area contributed by atoms with E-state index >= 15 is 0 Å². The maximum absolute atomic E-state index is 13.0. The lowest BCUT2D eigenvalue weighted by atomic mass is 9.96. The van der Waals surface area contributed by atoms with Crippen molar-refractivity contribution in [2.75, 3.05) is 5.32 Å². The maximum Gasteiger partial charge on any atom is 0.418 e. The summed E-state index contributed by atoms with van der Waals surface area (Å²) >= 11 is 3.11. The van der Waals surface area contributed by atoms with Crippen LogP contribution in [0.2, 0.25) is 0 Å². The fraction of sp³-hybridized carbons (Fsp3) is 0.462. The third kappa shape index (κ3) is 2.92. The second-order valence-electron chi connectivity index (χ2n) is 4.91. The molecular weight excluding hydrogens is 339 g/mol. The second kappa shape index (κ2) is 5.27. The normalized spacial score (nSPS) is 18.0. The van der Waals surface area contributed by atoms with Crippen LogP contribution in [-0.4, -0.2) is 16.6 Å². The van der Waals surface area contributed by atoms with E-state index in [1.807, 2.05) is 0 Å². The highest BCUT2D eigenvalue weighted by Crippen LogP contribution is 2.40. The lowest BCUT2D eigenvalue weighted by Gasteiger charge is -2.28. The average molecular weight is 352 g/mol. The van der Waals surface area contributed by atoms with Gasteiger partial charge in [-0.3, -0.25) is 0 Å². The van der Waals surface area contributed by atoms with Crippen LogP contribution in [0.25, 0.3) is 0 Å². The van der Waals surface area contributed by atoms with E-state index in [4.69, 9.17) is 0 Å². The van der Waals surface area contributed by atoms with Crippen molar-refractivity contribution < 1.29 is 23.1 Å². The minimum Gasteiger partial charge on any atom is -0.480 e. The zero-order valence-electron chi connectivity index (χ0n) is 10.4. The van der Waals surface area contributed by atoms with Gasteiger partial charge in [0.25, 0.3) is 0 Å². The predicted molar refractivity (Wildman–Crippen MR) is 71.6 cm³/mol. The Kier molecular flexibility index (Phi) is 4.00. The van der Waals surface area contributed by atoms with Crippen molar-refractivity contribution in [1.82, 2.24) is 0 Å². The number of hydrogen-bond acceptors (Lipinski definition) is 2. The number of rotatable bonds is 3. The van der Waals surface area contributed by atoms with Gasteiger partial charge in [0.2, 0.25) is 0 Å². The van der Waals surface area contributed by atoms with E-state index in [9.17, 15) is 23.1 Å². The Morgan fingerprint density at radius 3 is 2.40 bits per heavy atom. The van der Waals surface area contributed by atoms with Crippen LogP contribution in [-0.2, 0) is 11.0 Å². The number of carboxylic acids is 1. The molecular formula is C13H13BrF3NO2. The highest BCUT2D eigenvalue weighted by molar-refractivity contribution is 9.10. The molecule has 0 amide bonds. The van der Waals surface area contributed by atoms with Gasteiger partial charge < -0.3 is 10.4 Å². The first-order valence-corrected chi connectivity index (χ1v) is 6.92. The van der Waals surface area contributed by atoms with E-state index in [-0.39, 0.29) is 5.69 Å². The highest BCUT2D eigenvalue weighted by Gasteiger charge is 2.43. The molecule has 2 rings (SSSR count). The number of carbonyl (C=O) groups is 1. The Hall–Kier alpha value is -1.24. The molecule has 2 N–H and O–H groups in total. The molecule has 20 heavy (non-hydrogen) atoms. The molecule has 1 aliphatic rings. The van der Waals surface area contributed by atoms with Gasteiger partial charge >= 0.3 is 12.1 Å². The van der Waals surface area contributed by atoms with Crippen LogP contribution < -0.4 is 5.32 Å². The number of benzene rings is 1. The van der Waals surface area contributed by atoms with Crippen LogP contribution in [0.15, 0.2) is 22.7 Å². The number of halogens is 4. The largest absolute Gasteiger partial charge is 0.480 e. The topological polar surface area (TPSA) is 49.3 Å². The molecule has 0 aliphatic heterocycles. The minimum atomic E-state index is -4.53. The fourth-order valence-electron chi connectivity index (χ4n) is 2.50. The first-order valence-electron chi connectivity index (χ1n) is 6.13. The summed E-state index contributed by atoms with van der Waals surface area (Å²) in [6, 6.07) is 3.50. The van der Waals surface area contributed by atoms with Crippen molar-refractivity contribution in [3.63, 3.8) is 0 Å². The Morgan fingerprint density at radius 1 is 1.30 bits per heavy atom. The van der Waals surface area contributed by atoms with Gasteiger partial charge in [-0.25, -0.2) is 4.79 Å². The summed E-state index contributed by atoms with van der Waals surface area (Å²) in [7, 11) is 0. The zero-order chi connectivity index (χ0) is 15.0. The molecule has 0 spiro atoms. The summed E-state index contributed by atoms with van der Waals surface area (Å²) < 4.78 is 39.4. The Bertz CT molecular complexity index is 525. The Morgan fingerprint density at radius 2 is 1.90 bits per heavy atom. The number of anilines is 1. The summed E-state index contributed by atoms with van der Waals surface area (Å²) in [5.41, 5.74) is -2.36. The standard InChI is InChI=1S/C13H13BrF3NO2/c14-8-3-4-9(13(15,16)17)10(7-8)18-12(11(19)20)5-1-2-6-12/h3-4,7,18H,1-2,5-6H2,(H,19,20). The van der Waals surface area contributed by atoms with Crippen molar-refractivity contribution in [2.24, 2.45) is 0 Å². The van der Waals surface area contributed by atoms with Gasteiger partial charge in [-0.2, -0.15) is 13.2 Å². The minimum absolute atomic E-state index is 0.198. The lowest BCUT2D eigenvalue weighted by molar-refractivity contribution is -0.143. The molecule has 1 aromatic rings. The fourth-order valence-corrected chi connectivity index (χ4v) is 2.86. The van der Waals surface area contributed by atoms with Crippen molar-refractivity contribution in [1.29, 1.82) is 0 Å². The predicted octanol–water partition coefficient (Wildman–Crippen LogP) is 4.28. The molecule has 1 aliphatic carbocycles. The van der Waals surface area contributed by atoms with Crippen LogP contribution in [0, 0.1) is 0 Å². The average Bonchev–Trinajstić information content (AvgIpc) is 2.77. The number of nitrogens with one attached hydrogen (secondary N) is 1. The van der Waals surface area contributed by atoms with E-state index in [1.165, 1.54) is 12.1 Å². The van der Waals surface area contributed by atoms with Crippen molar-refractivity contribution in [3.8, 4) is 0 Å². The maximum atomic E-state index is 13.0. The SMILES string of the molecule is O=C(O)C1(Nc2cc(Br)ccc2C(F)(F)F)CCCC1. The highest BCUT2D eigenvalue weighted by atomic mass is 79.9. The molecule has 0 radical (unpaired) electrons. The van der Waals surface area contributed by atoms with E-state index in [1.54, 1.807) is 0 Å². The van der Waals surface area contributed by atoms with Gasteiger partial charge in [-0.05, 0) is 31.0 Å². The smallest absolute Gasteiger partial charge is 0.418 e. The van der Waals surface area contributed by atoms with Crippen LogP contribution in [0.1, 0.15) is 31.2 Å². The summed E-state index contributed by atoms with van der Waals surface area (Å²) in [6.07, 6.45) is -2.50. The van der Waals surface area contributed by atoms with Gasteiger partial charge in [0.05, 0.1) is 5.56 Å². The van der Waals surface area contributed by atoms with Crippen LogP contribution in [0.5, 0.6) is 0 Å². The molecule has 1 saturated carbocycles. The summed E-state index contributed by atoms with van der Waals surface area (Å²) in [5.74, 6) is -1.11. The molecule has 1 fully saturated rings. The number of hydrogen-bond donors (Lipinski definition) is 2. The van der Waals surface area contributed by atoms with Crippen LogP contribution >= 0.6 is 15.9 Å². The monoisotopic (exact) mass is 351 g/mol. The molecule has 3 nitrogen and oxygen atoms in total. The molecule has 0 bridgehead atoms. The van der Waals surface area contributed by atoms with Gasteiger partial charge in [-0.1, -0.05) is 28.8 Å². The van der Waals surface area contributed by atoms with Crippen molar-refractivity contribution >= 4 is 27.6 Å². The Balaban J connectivity index is 2.42. The number of carboxylic acid groups (broad SMARTS) is 1. The molecule has 0 unspecified atom stereocenters. The number of aliphatic carboxylic acids is 1. The molecule has 1 aromatic carbocycles. The molecule has 7 heteroatoms. The molecule has 0 heterocycles. The lowest BCUT2D eigenvalue weighted by Crippen LogP contribution is -2.44. The molecule has 0 saturated heterocycles. The third-order valence-corrected chi connectivity index (χ3v) is 4.02. The van der Waals surface area contributed by atoms with Gasteiger partial charge in [0.15, 0.2) is 0 Å². The first-order chi connectivity index (χ1) is 9.24. The Labute approximate surface area is 122 Å². The summed E-state index contributed by atoms with van der Waals surface area (Å²) in [6.45, 7) is 0. The molecule has 0 aromatic heterocycles.